The summed E-state index contributed by atoms with van der Waals surface area (Å²) < 4.78 is 1.48. The van der Waals surface area contributed by atoms with Crippen LogP contribution in [0.3, 0.4) is 0 Å². The molecule has 1 atom stereocenters. The van der Waals surface area contributed by atoms with Gasteiger partial charge in [0.25, 0.3) is 11.8 Å². The molecule has 1 aromatic heterocycles. The van der Waals surface area contributed by atoms with Gasteiger partial charge in [-0.2, -0.15) is 0 Å². The molecule has 0 fully saturated rings. The van der Waals surface area contributed by atoms with Crippen molar-refractivity contribution in [2.75, 3.05) is 5.32 Å². The van der Waals surface area contributed by atoms with Crippen LogP contribution in [0.25, 0.3) is 5.69 Å². The van der Waals surface area contributed by atoms with Crippen molar-refractivity contribution < 1.29 is 14.4 Å². The smallest absolute Gasteiger partial charge is 0.262 e. The molecular formula is C18H14N6O3. The largest absolute Gasteiger partial charge is 0.324 e. The third kappa shape index (κ3) is 2.84. The van der Waals surface area contributed by atoms with Gasteiger partial charge in [0, 0.05) is 5.69 Å². The number of nitrogens with zero attached hydrogens (tertiary/aromatic N) is 5. The Morgan fingerprint density at radius 2 is 1.63 bits per heavy atom. The average Bonchev–Trinajstić information content (AvgIpc) is 3.30. The highest BCUT2D eigenvalue weighted by Crippen LogP contribution is 2.25. The average molecular weight is 362 g/mol. The van der Waals surface area contributed by atoms with Gasteiger partial charge >= 0.3 is 0 Å². The lowest BCUT2D eigenvalue weighted by Gasteiger charge is -2.21. The van der Waals surface area contributed by atoms with Crippen LogP contribution in [0.4, 0.5) is 5.69 Å². The van der Waals surface area contributed by atoms with Crippen LogP contribution in [0.5, 0.6) is 0 Å². The van der Waals surface area contributed by atoms with Gasteiger partial charge in [-0.15, -0.1) is 5.10 Å². The highest BCUT2D eigenvalue weighted by atomic mass is 16.2. The van der Waals surface area contributed by atoms with E-state index in [4.69, 9.17) is 0 Å². The quantitative estimate of drug-likeness (QED) is 0.700. The van der Waals surface area contributed by atoms with Crippen LogP contribution in [0.1, 0.15) is 27.6 Å². The second kappa shape index (κ2) is 6.45. The molecule has 9 heteroatoms. The number of hydrogen-bond acceptors (Lipinski definition) is 6. The van der Waals surface area contributed by atoms with E-state index in [1.54, 1.807) is 48.5 Å². The molecule has 0 aliphatic carbocycles. The molecule has 3 amide bonds. The van der Waals surface area contributed by atoms with Gasteiger partial charge in [-0.05, 0) is 53.7 Å². The number of nitrogens with one attached hydrogen (secondary N) is 1. The number of anilines is 1. The molecule has 2 aromatic carbocycles. The van der Waals surface area contributed by atoms with Crippen molar-refractivity contribution in [1.82, 2.24) is 25.1 Å². The molecule has 0 bridgehead atoms. The first-order chi connectivity index (χ1) is 13.1. The molecule has 0 saturated carbocycles. The standard InChI is InChI=1S/C18H14N6O3/c1-11(24-17(26)14-4-2-3-5-15(14)18(24)27)16(25)20-12-6-8-13(9-7-12)23-10-19-21-22-23/h2-11H,1H3,(H,20,25). The fourth-order valence-corrected chi connectivity index (χ4v) is 2.90. The molecule has 1 unspecified atom stereocenters. The third-order valence-corrected chi connectivity index (χ3v) is 4.34. The molecule has 4 rings (SSSR count). The molecule has 134 valence electrons. The Morgan fingerprint density at radius 1 is 1.00 bits per heavy atom. The predicted molar refractivity (Wildman–Crippen MR) is 94.2 cm³/mol. The van der Waals surface area contributed by atoms with E-state index < -0.39 is 23.8 Å². The molecule has 0 saturated heterocycles. The van der Waals surface area contributed by atoms with E-state index in [1.807, 2.05) is 0 Å². The zero-order valence-electron chi connectivity index (χ0n) is 14.2. The van der Waals surface area contributed by atoms with Crippen molar-refractivity contribution in [2.45, 2.75) is 13.0 Å². The number of tetrazole rings is 1. The monoisotopic (exact) mass is 362 g/mol. The number of aromatic nitrogens is 4. The second-order valence-electron chi connectivity index (χ2n) is 5.99. The van der Waals surface area contributed by atoms with Gasteiger partial charge in [0.2, 0.25) is 5.91 Å². The van der Waals surface area contributed by atoms with E-state index in [2.05, 4.69) is 20.8 Å². The maximum atomic E-state index is 12.6. The number of fused-ring (bicyclic) bond motifs is 1. The van der Waals surface area contributed by atoms with Crippen molar-refractivity contribution in [3.05, 3.63) is 66.0 Å². The maximum Gasteiger partial charge on any atom is 0.262 e. The van der Waals surface area contributed by atoms with Crippen LogP contribution in [0.15, 0.2) is 54.9 Å². The Hall–Kier alpha value is -3.88. The molecule has 9 nitrogen and oxygen atoms in total. The van der Waals surface area contributed by atoms with Gasteiger partial charge in [-0.25, -0.2) is 4.68 Å². The fraction of sp³-hybridized carbons (Fsp3) is 0.111. The molecule has 0 radical (unpaired) electrons. The Kier molecular flexibility index (Phi) is 3.96. The predicted octanol–water partition coefficient (Wildman–Crippen LogP) is 1.29. The molecule has 1 aliphatic rings. The number of rotatable bonds is 4. The number of amides is 3. The third-order valence-electron chi connectivity index (χ3n) is 4.34. The van der Waals surface area contributed by atoms with Gasteiger partial charge in [0.05, 0.1) is 16.8 Å². The highest BCUT2D eigenvalue weighted by Gasteiger charge is 2.40. The van der Waals surface area contributed by atoms with Gasteiger partial charge in [-0.1, -0.05) is 12.1 Å². The number of carbonyl (C=O) groups is 3. The summed E-state index contributed by atoms with van der Waals surface area (Å²) in [5.41, 5.74) is 1.88. The molecule has 1 aliphatic heterocycles. The maximum absolute atomic E-state index is 12.6. The van der Waals surface area contributed by atoms with E-state index in [0.29, 0.717) is 16.8 Å². The van der Waals surface area contributed by atoms with Crippen molar-refractivity contribution >= 4 is 23.4 Å². The SMILES string of the molecule is CC(C(=O)Nc1ccc(-n2cnnn2)cc1)N1C(=O)c2ccccc2C1=O. The minimum absolute atomic E-state index is 0.313. The van der Waals surface area contributed by atoms with Crippen LogP contribution in [0.2, 0.25) is 0 Å². The summed E-state index contributed by atoms with van der Waals surface area (Å²) in [7, 11) is 0. The molecule has 27 heavy (non-hydrogen) atoms. The van der Waals surface area contributed by atoms with E-state index >= 15 is 0 Å². The van der Waals surface area contributed by atoms with E-state index in [0.717, 1.165) is 10.6 Å². The first kappa shape index (κ1) is 16.6. The summed E-state index contributed by atoms with van der Waals surface area (Å²) in [4.78, 5) is 38.5. The summed E-state index contributed by atoms with van der Waals surface area (Å²) in [6.45, 7) is 1.52. The van der Waals surface area contributed by atoms with Crippen molar-refractivity contribution in [1.29, 1.82) is 0 Å². The summed E-state index contributed by atoms with van der Waals surface area (Å²) in [6, 6.07) is 12.4. The van der Waals surface area contributed by atoms with E-state index in [1.165, 1.54) is 17.9 Å². The summed E-state index contributed by atoms with van der Waals surface area (Å²) in [5, 5.41) is 13.6. The second-order valence-corrected chi connectivity index (χ2v) is 5.99. The molecule has 1 N–H and O–H groups in total. The lowest BCUT2D eigenvalue weighted by molar-refractivity contribution is -0.119. The van der Waals surface area contributed by atoms with Gasteiger partial charge in [0.15, 0.2) is 0 Å². The van der Waals surface area contributed by atoms with Crippen LogP contribution in [-0.2, 0) is 4.79 Å². The first-order valence-electron chi connectivity index (χ1n) is 8.17. The summed E-state index contributed by atoms with van der Waals surface area (Å²) in [5.74, 6) is -1.39. The molecule has 3 aromatic rings. The van der Waals surface area contributed by atoms with E-state index in [-0.39, 0.29) is 0 Å². The van der Waals surface area contributed by atoms with Crippen LogP contribution in [-0.4, -0.2) is 48.9 Å². The fourth-order valence-electron chi connectivity index (χ4n) is 2.90. The van der Waals surface area contributed by atoms with Crippen molar-refractivity contribution in [3.8, 4) is 5.69 Å². The topological polar surface area (TPSA) is 110 Å². The van der Waals surface area contributed by atoms with Crippen molar-refractivity contribution in [3.63, 3.8) is 0 Å². The minimum atomic E-state index is -0.948. The Labute approximate surface area is 153 Å². The van der Waals surface area contributed by atoms with Gasteiger partial charge in [0.1, 0.15) is 12.4 Å². The Morgan fingerprint density at radius 3 is 2.19 bits per heavy atom. The Balaban J connectivity index is 1.49. The van der Waals surface area contributed by atoms with Crippen LogP contribution >= 0.6 is 0 Å². The first-order valence-corrected chi connectivity index (χ1v) is 8.17. The normalized spacial score (nSPS) is 14.2. The highest BCUT2D eigenvalue weighted by molar-refractivity contribution is 6.23. The number of benzene rings is 2. The Bertz CT molecular complexity index is 995. The molecule has 2 heterocycles. The summed E-state index contributed by atoms with van der Waals surface area (Å²) >= 11 is 0. The lowest BCUT2D eigenvalue weighted by Crippen LogP contribution is -2.45. The number of carbonyl (C=O) groups excluding carboxylic acids is 3. The van der Waals surface area contributed by atoms with Gasteiger partial charge in [-0.3, -0.25) is 19.3 Å². The number of imide groups is 1. The molecule has 0 spiro atoms. The minimum Gasteiger partial charge on any atom is -0.324 e. The zero-order chi connectivity index (χ0) is 19.0. The van der Waals surface area contributed by atoms with Crippen LogP contribution in [0, 0.1) is 0 Å². The van der Waals surface area contributed by atoms with Crippen LogP contribution < -0.4 is 5.32 Å². The lowest BCUT2D eigenvalue weighted by atomic mass is 10.1. The zero-order valence-corrected chi connectivity index (χ0v) is 14.2. The van der Waals surface area contributed by atoms with Gasteiger partial charge < -0.3 is 5.32 Å². The molecular weight excluding hydrogens is 348 g/mol. The van der Waals surface area contributed by atoms with Crippen molar-refractivity contribution in [2.24, 2.45) is 0 Å². The summed E-state index contributed by atoms with van der Waals surface area (Å²) in [6.07, 6.45) is 1.46. The number of hydrogen-bond donors (Lipinski definition) is 1. The van der Waals surface area contributed by atoms with E-state index in [9.17, 15) is 14.4 Å².